The molecule has 3 aromatic carbocycles. The Morgan fingerprint density at radius 2 is 1.38 bits per heavy atom. The molecule has 1 N–H and O–H groups in total. The second-order valence-electron chi connectivity index (χ2n) is 9.26. The van der Waals surface area contributed by atoms with Gasteiger partial charge in [0.2, 0.25) is 0 Å². The Bertz CT molecular complexity index is 1440. The monoisotopic (exact) mass is 496 g/mol. The number of nitrogens with one attached hydrogen (secondary N) is 1. The number of halogens is 2. The Kier molecular flexibility index (Phi) is 6.85. The Morgan fingerprint density at radius 1 is 0.838 bits per heavy atom. The molecule has 0 atom stereocenters. The van der Waals surface area contributed by atoms with Gasteiger partial charge in [-0.25, -0.2) is 8.78 Å². The lowest BCUT2D eigenvalue weighted by Gasteiger charge is -2.40. The second-order valence-corrected chi connectivity index (χ2v) is 9.26. The number of aryl methyl sites for hydroxylation is 1. The first-order valence-corrected chi connectivity index (χ1v) is 12.2. The minimum atomic E-state index is -0.380. The number of piperazine rings is 1. The molecule has 0 spiro atoms. The molecule has 0 radical (unpaired) electrons. The Labute approximate surface area is 214 Å². The fourth-order valence-corrected chi connectivity index (χ4v) is 5.02. The highest BCUT2D eigenvalue weighted by molar-refractivity contribution is 5.72. The molecule has 1 aliphatic rings. The van der Waals surface area contributed by atoms with Crippen LogP contribution >= 0.6 is 0 Å². The molecule has 2 heterocycles. The van der Waals surface area contributed by atoms with Gasteiger partial charge in [-0.1, -0.05) is 36.4 Å². The van der Waals surface area contributed by atoms with Gasteiger partial charge in [0.05, 0.1) is 6.04 Å². The molecule has 5 rings (SSSR count). The number of hydrogen-bond donors (Lipinski definition) is 1. The fraction of sp³-hybridized carbons (Fsp3) is 0.200. The van der Waals surface area contributed by atoms with Gasteiger partial charge in [0.15, 0.2) is 0 Å². The maximum Gasteiger partial charge on any atom is 0.266 e. The van der Waals surface area contributed by atoms with Crippen LogP contribution in [0, 0.1) is 29.9 Å². The van der Waals surface area contributed by atoms with E-state index >= 15 is 0 Å². The summed E-state index contributed by atoms with van der Waals surface area (Å²) < 4.78 is 27.2. The van der Waals surface area contributed by atoms with E-state index in [0.717, 1.165) is 48.6 Å². The van der Waals surface area contributed by atoms with Crippen molar-refractivity contribution in [3.63, 3.8) is 0 Å². The number of aromatic nitrogens is 1. The number of nitriles is 1. The van der Waals surface area contributed by atoms with Gasteiger partial charge in [0, 0.05) is 43.1 Å². The molecule has 4 aromatic rings. The van der Waals surface area contributed by atoms with E-state index in [-0.39, 0.29) is 28.8 Å². The van der Waals surface area contributed by atoms with E-state index in [1.807, 2.05) is 36.4 Å². The first-order valence-electron chi connectivity index (χ1n) is 12.2. The molecule has 0 aliphatic carbocycles. The van der Waals surface area contributed by atoms with E-state index in [9.17, 15) is 18.8 Å². The molecule has 0 bridgehead atoms. The van der Waals surface area contributed by atoms with E-state index in [2.05, 4.69) is 14.8 Å². The Morgan fingerprint density at radius 3 is 1.89 bits per heavy atom. The highest BCUT2D eigenvalue weighted by Crippen LogP contribution is 2.31. The predicted octanol–water partition coefficient (Wildman–Crippen LogP) is 5.41. The van der Waals surface area contributed by atoms with Crippen LogP contribution in [-0.4, -0.2) is 36.1 Å². The van der Waals surface area contributed by atoms with E-state index in [1.54, 1.807) is 31.2 Å². The molecule has 1 aliphatic heterocycles. The zero-order chi connectivity index (χ0) is 25.9. The standard InChI is InChI=1S/C30H26F2N4O/c1-20-18-27(28(19-33)30(37)34-20)21-6-12-26(13-7-21)35-14-16-36(17-15-35)29(22-2-8-24(31)9-3-22)23-4-10-25(32)11-5-23/h2-13,18,29H,14-17H2,1H3,(H,34,37). The molecule has 0 saturated carbocycles. The summed E-state index contributed by atoms with van der Waals surface area (Å²) in [6.07, 6.45) is 0. The van der Waals surface area contributed by atoms with Gasteiger partial charge in [-0.2, -0.15) is 5.26 Å². The quantitative estimate of drug-likeness (QED) is 0.401. The average molecular weight is 497 g/mol. The van der Waals surface area contributed by atoms with Crippen LogP contribution < -0.4 is 10.5 Å². The number of aromatic amines is 1. The van der Waals surface area contributed by atoms with Gasteiger partial charge in [-0.15, -0.1) is 0 Å². The average Bonchev–Trinajstić information content (AvgIpc) is 2.91. The number of benzene rings is 3. The van der Waals surface area contributed by atoms with Gasteiger partial charge in [-0.05, 0) is 66.1 Å². The predicted molar refractivity (Wildman–Crippen MR) is 140 cm³/mol. The highest BCUT2D eigenvalue weighted by Gasteiger charge is 2.27. The SMILES string of the molecule is Cc1cc(-c2ccc(N3CCN(C(c4ccc(F)cc4)c4ccc(F)cc4)CC3)cc2)c(C#N)c(=O)[nH]1. The second kappa shape index (κ2) is 10.4. The first-order chi connectivity index (χ1) is 17.9. The lowest BCUT2D eigenvalue weighted by Crippen LogP contribution is -2.48. The number of pyridine rings is 1. The van der Waals surface area contributed by atoms with Crippen molar-refractivity contribution in [2.75, 3.05) is 31.1 Å². The molecule has 0 amide bonds. The molecule has 1 saturated heterocycles. The highest BCUT2D eigenvalue weighted by atomic mass is 19.1. The first kappa shape index (κ1) is 24.4. The van der Waals surface area contributed by atoms with Crippen LogP contribution in [-0.2, 0) is 0 Å². The number of anilines is 1. The summed E-state index contributed by atoms with van der Waals surface area (Å²) in [6.45, 7) is 4.91. The molecule has 7 heteroatoms. The van der Waals surface area contributed by atoms with Crippen LogP contribution in [0.4, 0.5) is 14.5 Å². The summed E-state index contributed by atoms with van der Waals surface area (Å²) in [7, 11) is 0. The van der Waals surface area contributed by atoms with Gasteiger partial charge < -0.3 is 9.88 Å². The Hall–Kier alpha value is -4.28. The zero-order valence-corrected chi connectivity index (χ0v) is 20.4. The number of hydrogen-bond acceptors (Lipinski definition) is 4. The molecular formula is C30H26F2N4O. The van der Waals surface area contributed by atoms with Crippen molar-refractivity contribution >= 4 is 5.69 Å². The summed E-state index contributed by atoms with van der Waals surface area (Å²) in [4.78, 5) is 19.5. The van der Waals surface area contributed by atoms with Crippen molar-refractivity contribution < 1.29 is 8.78 Å². The van der Waals surface area contributed by atoms with Crippen molar-refractivity contribution in [2.24, 2.45) is 0 Å². The van der Waals surface area contributed by atoms with Crippen molar-refractivity contribution in [2.45, 2.75) is 13.0 Å². The molecule has 5 nitrogen and oxygen atoms in total. The van der Waals surface area contributed by atoms with E-state index in [0.29, 0.717) is 11.3 Å². The molecule has 37 heavy (non-hydrogen) atoms. The van der Waals surface area contributed by atoms with E-state index in [4.69, 9.17) is 0 Å². The van der Waals surface area contributed by atoms with Crippen LogP contribution in [0.5, 0.6) is 0 Å². The maximum atomic E-state index is 13.6. The summed E-state index contributed by atoms with van der Waals surface area (Å²) in [5.41, 5.74) is 4.87. The summed E-state index contributed by atoms with van der Waals surface area (Å²) in [5, 5.41) is 9.45. The lowest BCUT2D eigenvalue weighted by atomic mass is 9.96. The van der Waals surface area contributed by atoms with Crippen molar-refractivity contribution in [1.82, 2.24) is 9.88 Å². The molecule has 186 valence electrons. The van der Waals surface area contributed by atoms with Gasteiger partial charge >= 0.3 is 0 Å². The third kappa shape index (κ3) is 5.16. The normalized spacial score (nSPS) is 14.1. The van der Waals surface area contributed by atoms with E-state index < -0.39 is 0 Å². The third-order valence-corrected chi connectivity index (χ3v) is 6.87. The smallest absolute Gasteiger partial charge is 0.266 e. The zero-order valence-electron chi connectivity index (χ0n) is 20.4. The van der Waals surface area contributed by atoms with Gasteiger partial charge in [-0.3, -0.25) is 9.69 Å². The molecule has 1 aromatic heterocycles. The minimum absolute atomic E-state index is 0.102. The fourth-order valence-electron chi connectivity index (χ4n) is 5.02. The molecule has 1 fully saturated rings. The lowest BCUT2D eigenvalue weighted by molar-refractivity contribution is 0.212. The summed E-state index contributed by atoms with van der Waals surface area (Å²) in [6, 6.07) is 24.7. The van der Waals surface area contributed by atoms with Crippen LogP contribution in [0.2, 0.25) is 0 Å². The van der Waals surface area contributed by atoms with Crippen molar-refractivity contribution in [1.29, 1.82) is 5.26 Å². The third-order valence-electron chi connectivity index (χ3n) is 6.87. The largest absolute Gasteiger partial charge is 0.369 e. The number of nitrogens with zero attached hydrogens (tertiary/aromatic N) is 3. The number of H-pyrrole nitrogens is 1. The maximum absolute atomic E-state index is 13.6. The van der Waals surface area contributed by atoms with Gasteiger partial charge in [0.1, 0.15) is 23.3 Å². The van der Waals surface area contributed by atoms with Crippen LogP contribution in [0.3, 0.4) is 0 Å². The van der Waals surface area contributed by atoms with Crippen LogP contribution in [0.1, 0.15) is 28.4 Å². The van der Waals surface area contributed by atoms with E-state index in [1.165, 1.54) is 24.3 Å². The summed E-state index contributed by atoms with van der Waals surface area (Å²) >= 11 is 0. The van der Waals surface area contributed by atoms with Crippen LogP contribution in [0.25, 0.3) is 11.1 Å². The molecular weight excluding hydrogens is 470 g/mol. The van der Waals surface area contributed by atoms with Crippen molar-refractivity contribution in [3.8, 4) is 17.2 Å². The Balaban J connectivity index is 1.34. The topological polar surface area (TPSA) is 63.1 Å². The van der Waals surface area contributed by atoms with Gasteiger partial charge in [0.25, 0.3) is 5.56 Å². The van der Waals surface area contributed by atoms with Crippen LogP contribution in [0.15, 0.2) is 83.7 Å². The minimum Gasteiger partial charge on any atom is -0.369 e. The molecule has 0 unspecified atom stereocenters. The van der Waals surface area contributed by atoms with Crippen molar-refractivity contribution in [3.05, 3.63) is 123 Å². The summed E-state index contributed by atoms with van der Waals surface area (Å²) in [5.74, 6) is -0.570. The number of rotatable bonds is 5.